The van der Waals surface area contributed by atoms with Crippen LogP contribution in [0.4, 0.5) is 28.6 Å². The summed E-state index contributed by atoms with van der Waals surface area (Å²) in [5, 5.41) is 1.22. The van der Waals surface area contributed by atoms with Crippen LogP contribution in [0.25, 0.3) is 55.5 Å². The molecule has 1 aromatic heterocycles. The summed E-state index contributed by atoms with van der Waals surface area (Å²) >= 11 is 0. The maximum atomic E-state index is 8.03. The summed E-state index contributed by atoms with van der Waals surface area (Å²) in [7, 11) is 0. The van der Waals surface area contributed by atoms with E-state index in [0.29, 0.717) is 0 Å². The van der Waals surface area contributed by atoms with Crippen molar-refractivity contribution in [2.45, 2.75) is 206 Å². The largest absolute Gasteiger partial charge is 0.440 e. The molecule has 0 amide bonds. The van der Waals surface area contributed by atoms with Crippen LogP contribution in [0.5, 0.6) is 0 Å². The van der Waals surface area contributed by atoms with Crippen molar-refractivity contribution in [3.05, 3.63) is 195 Å². The molecule has 5 aliphatic carbocycles. The van der Waals surface area contributed by atoms with E-state index in [4.69, 9.17) is 4.42 Å². The van der Waals surface area contributed by atoms with Crippen molar-refractivity contribution in [3.63, 3.8) is 0 Å². The van der Waals surface area contributed by atoms with E-state index in [9.17, 15) is 0 Å². The van der Waals surface area contributed by atoms with Crippen molar-refractivity contribution < 1.29 is 4.42 Å². The molecule has 86 heavy (non-hydrogen) atoms. The minimum atomic E-state index is -0.319. The molecule has 0 N–H and O–H groups in total. The molecule has 16 rings (SSSR count). The van der Waals surface area contributed by atoms with Crippen molar-refractivity contribution in [2.75, 3.05) is 9.71 Å². The summed E-state index contributed by atoms with van der Waals surface area (Å²) in [5.74, 6) is 0.928. The monoisotopic (exact) mass is 1130 g/mol. The van der Waals surface area contributed by atoms with Crippen LogP contribution in [0, 0.1) is 0 Å². The van der Waals surface area contributed by atoms with Crippen molar-refractivity contribution in [2.24, 2.45) is 0 Å². The highest BCUT2D eigenvalue weighted by atomic mass is 16.4. The maximum Gasteiger partial charge on any atom is 0.337 e. The lowest BCUT2D eigenvalue weighted by Gasteiger charge is -2.47. The smallest absolute Gasteiger partial charge is 0.337 e. The summed E-state index contributed by atoms with van der Waals surface area (Å²) in [5.41, 5.74) is 34.8. The summed E-state index contributed by atoms with van der Waals surface area (Å²) in [4.78, 5) is 5.52. The molecule has 4 heteroatoms. The third-order valence-electron chi connectivity index (χ3n) is 23.6. The number of fused-ring (bicyclic) bond motifs is 17. The zero-order valence-corrected chi connectivity index (χ0v) is 54.5. The summed E-state index contributed by atoms with van der Waals surface area (Å²) < 4.78 is 8.03. The lowest BCUT2D eigenvalue weighted by atomic mass is 9.42. The molecule has 0 atom stereocenters. The van der Waals surface area contributed by atoms with Gasteiger partial charge in [0, 0.05) is 44.3 Å². The number of benzene rings is 8. The van der Waals surface area contributed by atoms with Gasteiger partial charge in [0.05, 0.1) is 11.4 Å². The van der Waals surface area contributed by atoms with E-state index in [-0.39, 0.29) is 50.2 Å². The minimum absolute atomic E-state index is 0.00329. The van der Waals surface area contributed by atoms with Gasteiger partial charge in [-0.1, -0.05) is 203 Å². The van der Waals surface area contributed by atoms with Crippen molar-refractivity contribution in [1.82, 2.24) is 0 Å². The Kier molecular flexibility index (Phi) is 10.9. The van der Waals surface area contributed by atoms with E-state index in [1.165, 1.54) is 158 Å². The molecule has 9 aromatic rings. The lowest BCUT2D eigenvalue weighted by molar-refractivity contribution is 0.331. The first-order valence-corrected chi connectivity index (χ1v) is 32.7. The van der Waals surface area contributed by atoms with Gasteiger partial charge >= 0.3 is 6.85 Å². The third kappa shape index (κ3) is 7.34. The van der Waals surface area contributed by atoms with Gasteiger partial charge in [-0.2, -0.15) is 0 Å². The normalized spacial score (nSPS) is 20.2. The van der Waals surface area contributed by atoms with E-state index in [2.05, 4.69) is 261 Å². The lowest BCUT2D eigenvalue weighted by Crippen LogP contribution is -2.61. The average molecular weight is 1130 g/mol. The molecule has 0 saturated carbocycles. The highest BCUT2D eigenvalue weighted by Crippen LogP contribution is 2.63. The molecule has 0 spiro atoms. The van der Waals surface area contributed by atoms with Gasteiger partial charge in [0.25, 0.3) is 0 Å². The van der Waals surface area contributed by atoms with E-state index in [0.717, 1.165) is 42.8 Å². The van der Waals surface area contributed by atoms with Crippen LogP contribution in [0.3, 0.4) is 0 Å². The number of hydrogen-bond acceptors (Lipinski definition) is 3. The first kappa shape index (κ1) is 54.4. The van der Waals surface area contributed by atoms with Crippen LogP contribution in [-0.2, 0) is 49.7 Å². The quantitative estimate of drug-likeness (QED) is 0.164. The van der Waals surface area contributed by atoms with Crippen molar-refractivity contribution in [1.29, 1.82) is 0 Å². The van der Waals surface area contributed by atoms with Gasteiger partial charge in [-0.15, -0.1) is 0 Å². The highest BCUT2D eigenvalue weighted by molar-refractivity contribution is 6.95. The molecule has 0 bridgehead atoms. The predicted molar refractivity (Wildman–Crippen MR) is 366 cm³/mol. The summed E-state index contributed by atoms with van der Waals surface area (Å²) in [6, 6.07) is 53.9. The molecule has 3 nitrogen and oxygen atoms in total. The van der Waals surface area contributed by atoms with E-state index >= 15 is 0 Å². The van der Waals surface area contributed by atoms with E-state index in [1.54, 1.807) is 0 Å². The van der Waals surface area contributed by atoms with Gasteiger partial charge in [-0.25, -0.2) is 0 Å². The molecule has 0 saturated heterocycles. The molecule has 0 fully saturated rings. The Morgan fingerprint density at radius 3 is 1.67 bits per heavy atom. The third-order valence-corrected chi connectivity index (χ3v) is 23.6. The molecule has 0 radical (unpaired) electrons. The van der Waals surface area contributed by atoms with Crippen molar-refractivity contribution in [3.8, 4) is 44.5 Å². The topological polar surface area (TPSA) is 19.6 Å². The Bertz CT molecular complexity index is 4470. The van der Waals surface area contributed by atoms with Gasteiger partial charge in [0.15, 0.2) is 0 Å². The van der Waals surface area contributed by atoms with Gasteiger partial charge in [0.1, 0.15) is 5.58 Å². The van der Waals surface area contributed by atoms with Crippen LogP contribution in [0.2, 0.25) is 0 Å². The Morgan fingerprint density at radius 2 is 1.01 bits per heavy atom. The molecule has 434 valence electrons. The molecular weight excluding hydrogens is 1040 g/mol. The molecule has 0 unspecified atom stereocenters. The Hall–Kier alpha value is -7.04. The number of anilines is 5. The molecule has 2 aliphatic heterocycles. The minimum Gasteiger partial charge on any atom is -0.440 e. The number of nitrogens with zero attached hydrogens (tertiary/aromatic N) is 2. The fraction of sp³-hybridized carbons (Fsp3) is 0.390. The average Bonchev–Trinajstić information content (AvgIpc) is 1.37. The molecule has 8 aromatic carbocycles. The Labute approximate surface area is 513 Å². The zero-order chi connectivity index (χ0) is 60.1. The molecule has 7 aliphatic rings. The standard InChI is InChI=1S/C82H87BN2O/c1-75(2,3)50-27-31-65(54(41-50)47-23-19-18-20-24-47)84-73-68-49(39-48-25-21-22-26-52(48)68)40-57-69-66(32-29-53-55-43-61-63(45-59(55)82(16,17)70(53)69)80(12,13)37-35-78(61,8)9)85(51-28-30-58-60(42-51)77(6,7)34-33-76(58,4)5)83(71(57)73)72-56-44-62-64(46-67(56)86-74(72)84)81(14,15)38-36-79(62,10)11/h18-32,40-46H,33-39H2,1-17H3. The second-order valence-corrected chi connectivity index (χ2v) is 33.2. The zero-order valence-electron chi connectivity index (χ0n) is 54.5. The van der Waals surface area contributed by atoms with Crippen LogP contribution in [0.15, 0.2) is 138 Å². The van der Waals surface area contributed by atoms with E-state index < -0.39 is 0 Å². The highest BCUT2D eigenvalue weighted by Gasteiger charge is 2.54. The van der Waals surface area contributed by atoms with E-state index in [1.807, 2.05) is 0 Å². The fourth-order valence-electron chi connectivity index (χ4n) is 18.0. The molecular formula is C82H87BN2O. The van der Waals surface area contributed by atoms with Gasteiger partial charge < -0.3 is 9.23 Å². The van der Waals surface area contributed by atoms with Crippen LogP contribution < -0.4 is 20.6 Å². The SMILES string of the molecule is CC(C)(C)c1ccc(N2c3oc4cc5c(cc4c3B3c4c(cc6c(c42)-c2ccccc2C6)-c2c(ccc4c2C(C)(C)c2cc6c(cc2-4)C(C)(C)CCC6(C)C)N3c2ccc3c(c2)C(C)(C)CCC3(C)C)C(C)(C)CCC5(C)C)c(-c2ccccc2)c1. The molecule has 3 heterocycles. The second-order valence-electron chi connectivity index (χ2n) is 33.2. The summed E-state index contributed by atoms with van der Waals surface area (Å²) in [6.45, 7) is 41.7. The first-order chi connectivity index (χ1) is 40.5. The summed E-state index contributed by atoms with van der Waals surface area (Å²) in [6.07, 6.45) is 7.82. The Morgan fingerprint density at radius 1 is 0.430 bits per heavy atom. The van der Waals surface area contributed by atoms with Crippen LogP contribution >= 0.6 is 0 Å². The maximum absolute atomic E-state index is 8.03. The van der Waals surface area contributed by atoms with Crippen LogP contribution in [-0.4, -0.2) is 6.85 Å². The van der Waals surface area contributed by atoms with Crippen molar-refractivity contribution >= 4 is 57.4 Å². The van der Waals surface area contributed by atoms with Crippen LogP contribution in [0.1, 0.15) is 217 Å². The number of furan rings is 1. The predicted octanol–water partition coefficient (Wildman–Crippen LogP) is 21.0. The first-order valence-electron chi connectivity index (χ1n) is 32.7. The number of rotatable bonds is 3. The van der Waals surface area contributed by atoms with Gasteiger partial charge in [-0.05, 0) is 226 Å². The van der Waals surface area contributed by atoms with Gasteiger partial charge in [0.2, 0.25) is 5.88 Å². The Balaban J connectivity index is 1.10. The fourth-order valence-corrected chi connectivity index (χ4v) is 18.0. The number of hydrogen-bond donors (Lipinski definition) is 0. The second kappa shape index (κ2) is 17.2. The van der Waals surface area contributed by atoms with Gasteiger partial charge in [-0.3, -0.25) is 4.90 Å².